The normalized spacial score (nSPS) is 39.3. The van der Waals surface area contributed by atoms with Gasteiger partial charge in [-0.2, -0.15) is 0 Å². The van der Waals surface area contributed by atoms with Crippen molar-refractivity contribution >= 4 is 6.03 Å². The monoisotopic (exact) mass is 211 g/mol. The van der Waals surface area contributed by atoms with E-state index in [9.17, 15) is 4.79 Å². The minimum atomic E-state index is 0.00257. The van der Waals surface area contributed by atoms with Gasteiger partial charge in [0.25, 0.3) is 0 Å². The highest BCUT2D eigenvalue weighted by atomic mass is 16.2. The van der Waals surface area contributed by atoms with Crippen LogP contribution in [-0.2, 0) is 0 Å². The van der Waals surface area contributed by atoms with Crippen molar-refractivity contribution < 1.29 is 4.79 Å². The van der Waals surface area contributed by atoms with Crippen molar-refractivity contribution in [3.05, 3.63) is 0 Å². The van der Waals surface area contributed by atoms with Gasteiger partial charge in [0.15, 0.2) is 0 Å². The zero-order chi connectivity index (χ0) is 11.2. The van der Waals surface area contributed by atoms with Crippen LogP contribution in [0.4, 0.5) is 4.79 Å². The average molecular weight is 211 g/mol. The molecule has 0 radical (unpaired) electrons. The fourth-order valence-electron chi connectivity index (χ4n) is 3.12. The Hall–Kier alpha value is -0.770. The van der Waals surface area contributed by atoms with Crippen LogP contribution in [0.3, 0.4) is 0 Å². The van der Waals surface area contributed by atoms with Gasteiger partial charge in [-0.15, -0.1) is 0 Å². The summed E-state index contributed by atoms with van der Waals surface area (Å²) in [5.74, 6) is 1.26. The minimum absolute atomic E-state index is 0.00257. The Kier molecular flexibility index (Phi) is 2.41. The van der Waals surface area contributed by atoms with Crippen LogP contribution in [0.15, 0.2) is 0 Å². The first-order valence-electron chi connectivity index (χ1n) is 5.64. The zero-order valence-electron chi connectivity index (χ0n) is 9.86. The van der Waals surface area contributed by atoms with Crippen molar-refractivity contribution in [1.82, 2.24) is 9.80 Å². The van der Waals surface area contributed by atoms with Crippen LogP contribution in [0.2, 0.25) is 0 Å². The van der Waals surface area contributed by atoms with Gasteiger partial charge in [-0.1, -0.05) is 0 Å². The minimum Gasteiger partial charge on any atom is -0.331 e. The van der Waals surface area contributed by atoms with Gasteiger partial charge in [0.1, 0.15) is 0 Å². The molecule has 1 aliphatic carbocycles. The molecule has 2 N–H and O–H groups in total. The van der Waals surface area contributed by atoms with E-state index in [2.05, 4.69) is 6.92 Å². The largest absolute Gasteiger partial charge is 0.331 e. The van der Waals surface area contributed by atoms with E-state index < -0.39 is 0 Å². The summed E-state index contributed by atoms with van der Waals surface area (Å²) in [7, 11) is 3.62. The first-order valence-corrected chi connectivity index (χ1v) is 5.64. The molecule has 4 heteroatoms. The number of rotatable bonds is 0. The number of nitrogens with zero attached hydrogens (tertiary/aromatic N) is 2. The summed E-state index contributed by atoms with van der Waals surface area (Å²) in [6, 6.07) is 0.142. The van der Waals surface area contributed by atoms with E-state index in [4.69, 9.17) is 5.73 Å². The van der Waals surface area contributed by atoms with Gasteiger partial charge in [0.2, 0.25) is 0 Å². The fourth-order valence-corrected chi connectivity index (χ4v) is 3.12. The molecule has 3 atom stereocenters. The molecular weight excluding hydrogens is 190 g/mol. The Bertz CT molecular complexity index is 259. The Morgan fingerprint density at radius 2 is 1.80 bits per heavy atom. The van der Waals surface area contributed by atoms with Gasteiger partial charge in [0, 0.05) is 32.7 Å². The molecule has 0 aromatic heterocycles. The Morgan fingerprint density at radius 1 is 1.33 bits per heavy atom. The maximum atomic E-state index is 11.8. The lowest BCUT2D eigenvalue weighted by atomic mass is 10.00. The van der Waals surface area contributed by atoms with Gasteiger partial charge >= 0.3 is 6.03 Å². The van der Waals surface area contributed by atoms with Crippen LogP contribution in [0.1, 0.15) is 19.8 Å². The predicted molar refractivity (Wildman–Crippen MR) is 59.5 cm³/mol. The Balaban J connectivity index is 1.97. The van der Waals surface area contributed by atoms with Crippen molar-refractivity contribution in [2.75, 3.05) is 27.2 Å². The Morgan fingerprint density at radius 3 is 2.20 bits per heavy atom. The number of likely N-dealkylation sites (tertiary alicyclic amines) is 1. The van der Waals surface area contributed by atoms with E-state index in [1.54, 1.807) is 4.90 Å². The maximum absolute atomic E-state index is 11.8. The van der Waals surface area contributed by atoms with Gasteiger partial charge in [-0.25, -0.2) is 4.79 Å². The van der Waals surface area contributed by atoms with Crippen molar-refractivity contribution in [3.63, 3.8) is 0 Å². The number of urea groups is 1. The van der Waals surface area contributed by atoms with Crippen molar-refractivity contribution in [2.24, 2.45) is 17.6 Å². The van der Waals surface area contributed by atoms with E-state index in [1.807, 2.05) is 19.0 Å². The maximum Gasteiger partial charge on any atom is 0.319 e. The molecule has 0 unspecified atom stereocenters. The number of hydrogen-bond donors (Lipinski definition) is 1. The molecule has 1 saturated heterocycles. The highest BCUT2D eigenvalue weighted by Crippen LogP contribution is 2.42. The lowest BCUT2D eigenvalue weighted by molar-refractivity contribution is 0.176. The van der Waals surface area contributed by atoms with Gasteiger partial charge < -0.3 is 15.5 Å². The van der Waals surface area contributed by atoms with E-state index in [-0.39, 0.29) is 11.6 Å². The second kappa shape index (κ2) is 3.37. The predicted octanol–water partition coefficient (Wildman–Crippen LogP) is 0.727. The topological polar surface area (TPSA) is 49.6 Å². The molecule has 2 fully saturated rings. The highest BCUT2D eigenvalue weighted by Gasteiger charge is 2.46. The second-order valence-electron chi connectivity index (χ2n) is 5.66. The molecule has 2 aliphatic rings. The molecule has 0 aromatic rings. The van der Waals surface area contributed by atoms with Crippen molar-refractivity contribution in [2.45, 2.75) is 25.3 Å². The summed E-state index contributed by atoms with van der Waals surface area (Å²) < 4.78 is 0. The molecule has 2 amide bonds. The molecule has 0 spiro atoms. The third-order valence-electron chi connectivity index (χ3n) is 3.69. The van der Waals surface area contributed by atoms with Gasteiger partial charge in [0.05, 0.1) is 0 Å². The first-order chi connectivity index (χ1) is 6.89. The molecule has 0 aromatic carbocycles. The summed E-state index contributed by atoms with van der Waals surface area (Å²) in [4.78, 5) is 15.4. The first kappa shape index (κ1) is 10.7. The molecule has 1 heterocycles. The van der Waals surface area contributed by atoms with Crippen LogP contribution in [-0.4, -0.2) is 48.6 Å². The summed E-state index contributed by atoms with van der Waals surface area (Å²) in [6.45, 7) is 3.92. The van der Waals surface area contributed by atoms with E-state index in [1.165, 1.54) is 0 Å². The highest BCUT2D eigenvalue weighted by molar-refractivity contribution is 5.74. The standard InChI is InChI=1S/C11H21N3O/c1-11(12)4-8-6-14(7-9(8)5-11)10(15)13(2)3/h8-9H,4-7,12H2,1-3H3/t8-,9+,11+. The molecular formula is C11H21N3O. The number of amides is 2. The smallest absolute Gasteiger partial charge is 0.319 e. The summed E-state index contributed by atoms with van der Waals surface area (Å²) in [6.07, 6.45) is 2.13. The lowest BCUT2D eigenvalue weighted by Crippen LogP contribution is -2.40. The average Bonchev–Trinajstić information content (AvgIpc) is 2.55. The molecule has 2 rings (SSSR count). The van der Waals surface area contributed by atoms with Gasteiger partial charge in [-0.3, -0.25) is 0 Å². The van der Waals surface area contributed by atoms with Crippen LogP contribution >= 0.6 is 0 Å². The van der Waals surface area contributed by atoms with Crippen LogP contribution in [0, 0.1) is 11.8 Å². The summed E-state index contributed by atoms with van der Waals surface area (Å²) in [5, 5.41) is 0. The number of fused-ring (bicyclic) bond motifs is 1. The molecule has 4 nitrogen and oxygen atoms in total. The van der Waals surface area contributed by atoms with Crippen LogP contribution in [0.5, 0.6) is 0 Å². The zero-order valence-corrected chi connectivity index (χ0v) is 9.86. The third-order valence-corrected chi connectivity index (χ3v) is 3.69. The Labute approximate surface area is 91.4 Å². The number of carbonyl (C=O) groups is 1. The molecule has 0 bridgehead atoms. The van der Waals surface area contributed by atoms with E-state index >= 15 is 0 Å². The van der Waals surface area contributed by atoms with Crippen molar-refractivity contribution in [3.8, 4) is 0 Å². The molecule has 1 aliphatic heterocycles. The van der Waals surface area contributed by atoms with E-state index in [0.717, 1.165) is 25.9 Å². The third kappa shape index (κ3) is 1.95. The number of hydrogen-bond acceptors (Lipinski definition) is 2. The molecule has 86 valence electrons. The van der Waals surface area contributed by atoms with Gasteiger partial charge in [-0.05, 0) is 31.6 Å². The summed E-state index contributed by atoms with van der Waals surface area (Å²) in [5.41, 5.74) is 6.14. The fraction of sp³-hybridized carbons (Fsp3) is 0.909. The second-order valence-corrected chi connectivity index (χ2v) is 5.66. The SMILES string of the molecule is CN(C)C(=O)N1C[C@@H]2C[C@@](C)(N)C[C@@H]2C1. The number of carbonyl (C=O) groups excluding carboxylic acids is 1. The molecule has 15 heavy (non-hydrogen) atoms. The van der Waals surface area contributed by atoms with Crippen molar-refractivity contribution in [1.29, 1.82) is 0 Å². The quantitative estimate of drug-likeness (QED) is 0.642. The summed E-state index contributed by atoms with van der Waals surface area (Å²) >= 11 is 0. The van der Waals surface area contributed by atoms with E-state index in [0.29, 0.717) is 11.8 Å². The molecule has 1 saturated carbocycles. The van der Waals surface area contributed by atoms with Crippen LogP contribution in [0.25, 0.3) is 0 Å². The van der Waals surface area contributed by atoms with Crippen LogP contribution < -0.4 is 5.73 Å². The number of nitrogens with two attached hydrogens (primary N) is 1. The lowest BCUT2D eigenvalue weighted by Gasteiger charge is -2.25.